The van der Waals surface area contributed by atoms with E-state index in [1.807, 2.05) is 0 Å². The van der Waals surface area contributed by atoms with Crippen LogP contribution in [-0.4, -0.2) is 18.3 Å². The quantitative estimate of drug-likeness (QED) is 0.381. The highest BCUT2D eigenvalue weighted by Crippen LogP contribution is 2.31. The van der Waals surface area contributed by atoms with Crippen LogP contribution < -0.4 is 4.18 Å². The third-order valence-corrected chi connectivity index (χ3v) is 5.25. The topological polar surface area (TPSA) is 99.4 Å². The average Bonchev–Trinajstić information content (AvgIpc) is 3.06. The molecule has 0 aliphatic rings. The molecule has 0 amide bonds. The summed E-state index contributed by atoms with van der Waals surface area (Å²) >= 11 is 1.03. The molecule has 25 heavy (non-hydrogen) atoms. The lowest BCUT2D eigenvalue weighted by atomic mass is 10.2. The van der Waals surface area contributed by atoms with Crippen molar-refractivity contribution in [2.45, 2.75) is 5.03 Å². The molecule has 3 rings (SSSR count). The van der Waals surface area contributed by atoms with Crippen molar-refractivity contribution in [3.05, 3.63) is 69.8 Å². The largest absolute Gasteiger partial charge is 0.370 e. The van der Waals surface area contributed by atoms with Crippen molar-refractivity contribution in [3.63, 3.8) is 0 Å². The number of hydrogen-bond donors (Lipinski definition) is 0. The summed E-state index contributed by atoms with van der Waals surface area (Å²) < 4.78 is 42.4. The molecule has 0 N–H and O–H groups in total. The number of halogens is 1. The number of hydrogen-bond acceptors (Lipinski definition) is 7. The summed E-state index contributed by atoms with van der Waals surface area (Å²) in [7, 11) is -4.34. The number of para-hydroxylation sites is 2. The molecule has 0 atom stereocenters. The number of nitro benzene ring substituents is 1. The van der Waals surface area contributed by atoms with E-state index in [-0.39, 0.29) is 5.03 Å². The summed E-state index contributed by atoms with van der Waals surface area (Å²) in [5.74, 6) is -0.822. The van der Waals surface area contributed by atoms with Gasteiger partial charge in [-0.05, 0) is 30.3 Å². The van der Waals surface area contributed by atoms with Gasteiger partial charge in [-0.1, -0.05) is 12.1 Å². The molecule has 0 radical (unpaired) electrons. The minimum absolute atomic E-state index is 0.352. The highest BCUT2D eigenvalue weighted by Gasteiger charge is 2.25. The predicted octanol–water partition coefficient (Wildman–Crippen LogP) is 3.63. The maximum atomic E-state index is 13.0. The van der Waals surface area contributed by atoms with Gasteiger partial charge in [0, 0.05) is 17.0 Å². The molecule has 0 aliphatic heterocycles. The van der Waals surface area contributed by atoms with Gasteiger partial charge in [-0.15, -0.1) is 11.3 Å². The summed E-state index contributed by atoms with van der Waals surface area (Å²) in [6.45, 7) is 0. The van der Waals surface area contributed by atoms with Crippen molar-refractivity contribution in [2.24, 2.45) is 0 Å². The van der Waals surface area contributed by atoms with Crippen LogP contribution >= 0.6 is 11.3 Å². The Hall–Kier alpha value is -2.85. The predicted molar refractivity (Wildman–Crippen MR) is 88.4 cm³/mol. The molecule has 0 aliphatic carbocycles. The smallest absolute Gasteiger partial charge is 0.358 e. The van der Waals surface area contributed by atoms with Gasteiger partial charge in [-0.25, -0.2) is 9.37 Å². The monoisotopic (exact) mass is 380 g/mol. The van der Waals surface area contributed by atoms with Gasteiger partial charge < -0.3 is 4.18 Å². The molecular weight excluding hydrogens is 371 g/mol. The summed E-state index contributed by atoms with van der Waals surface area (Å²) in [6, 6.07) is 10.5. The first-order chi connectivity index (χ1) is 11.9. The summed E-state index contributed by atoms with van der Waals surface area (Å²) in [5, 5.41) is 12.2. The van der Waals surface area contributed by atoms with Crippen LogP contribution in [0.1, 0.15) is 0 Å². The Morgan fingerprint density at radius 3 is 2.48 bits per heavy atom. The molecule has 0 fully saturated rings. The number of benzene rings is 2. The van der Waals surface area contributed by atoms with E-state index in [4.69, 9.17) is 4.18 Å². The molecule has 0 saturated heterocycles. The number of thiazole rings is 1. The number of nitrogens with zero attached hydrogens (tertiary/aromatic N) is 2. The van der Waals surface area contributed by atoms with Gasteiger partial charge in [0.15, 0.2) is 0 Å². The highest BCUT2D eigenvalue weighted by molar-refractivity contribution is 7.87. The second-order valence-corrected chi connectivity index (χ2v) is 7.11. The fraction of sp³-hybridized carbons (Fsp3) is 0. The van der Waals surface area contributed by atoms with Crippen LogP contribution in [0.2, 0.25) is 0 Å². The van der Waals surface area contributed by atoms with E-state index in [1.165, 1.54) is 47.8 Å². The van der Waals surface area contributed by atoms with Crippen molar-refractivity contribution in [2.75, 3.05) is 0 Å². The van der Waals surface area contributed by atoms with Crippen LogP contribution in [-0.2, 0) is 10.1 Å². The van der Waals surface area contributed by atoms with Crippen LogP contribution in [0.5, 0.6) is 5.75 Å². The second kappa shape index (κ2) is 6.57. The molecular formula is C15H9FN2O5S2. The summed E-state index contributed by atoms with van der Waals surface area (Å²) in [6.07, 6.45) is 0. The van der Waals surface area contributed by atoms with Gasteiger partial charge in [-0.2, -0.15) is 8.42 Å². The zero-order valence-electron chi connectivity index (χ0n) is 12.3. The lowest BCUT2D eigenvalue weighted by molar-refractivity contribution is -0.385. The van der Waals surface area contributed by atoms with Crippen LogP contribution in [0.4, 0.5) is 10.1 Å². The van der Waals surface area contributed by atoms with E-state index in [9.17, 15) is 22.9 Å². The Morgan fingerprint density at radius 2 is 1.80 bits per heavy atom. The lowest BCUT2D eigenvalue weighted by Crippen LogP contribution is -2.11. The third-order valence-electron chi connectivity index (χ3n) is 3.09. The Morgan fingerprint density at radius 1 is 1.12 bits per heavy atom. The Bertz CT molecular complexity index is 1030. The van der Waals surface area contributed by atoms with Crippen LogP contribution in [0.15, 0.2) is 58.9 Å². The van der Waals surface area contributed by atoms with E-state index in [0.29, 0.717) is 10.6 Å². The van der Waals surface area contributed by atoms with E-state index >= 15 is 0 Å². The van der Waals surface area contributed by atoms with Crippen molar-refractivity contribution < 1.29 is 21.9 Å². The summed E-state index contributed by atoms with van der Waals surface area (Å²) in [5.41, 5.74) is 0.0682. The van der Waals surface area contributed by atoms with Crippen LogP contribution in [0, 0.1) is 15.9 Å². The zero-order chi connectivity index (χ0) is 18.0. The van der Waals surface area contributed by atoms with Gasteiger partial charge >= 0.3 is 15.8 Å². The number of nitro groups is 1. The molecule has 0 unspecified atom stereocenters. The van der Waals surface area contributed by atoms with Crippen molar-refractivity contribution in [1.82, 2.24) is 4.98 Å². The van der Waals surface area contributed by atoms with E-state index in [2.05, 4.69) is 4.98 Å². The van der Waals surface area contributed by atoms with Gasteiger partial charge in [-0.3, -0.25) is 10.1 Å². The first kappa shape index (κ1) is 17.0. The molecule has 7 nitrogen and oxygen atoms in total. The van der Waals surface area contributed by atoms with Crippen molar-refractivity contribution in [3.8, 4) is 16.3 Å². The molecule has 0 spiro atoms. The lowest BCUT2D eigenvalue weighted by Gasteiger charge is -2.04. The molecule has 2 aromatic carbocycles. The SMILES string of the molecule is O=[N+]([O-])c1ccccc1OS(=O)(=O)c1csc(-c2ccc(F)cc2)n1. The maximum Gasteiger partial charge on any atom is 0.358 e. The molecule has 10 heteroatoms. The molecule has 3 aromatic rings. The highest BCUT2D eigenvalue weighted by atomic mass is 32.2. The van der Waals surface area contributed by atoms with Gasteiger partial charge in [0.1, 0.15) is 10.8 Å². The molecule has 1 heterocycles. The minimum atomic E-state index is -4.34. The van der Waals surface area contributed by atoms with Crippen molar-refractivity contribution >= 4 is 27.1 Å². The maximum absolute atomic E-state index is 13.0. The molecule has 128 valence electrons. The fourth-order valence-corrected chi connectivity index (χ4v) is 3.97. The molecule has 0 bridgehead atoms. The Kier molecular flexibility index (Phi) is 4.47. The fourth-order valence-electron chi connectivity index (χ4n) is 1.94. The molecule has 0 saturated carbocycles. The van der Waals surface area contributed by atoms with Crippen LogP contribution in [0.25, 0.3) is 10.6 Å². The summed E-state index contributed by atoms with van der Waals surface area (Å²) in [4.78, 5) is 14.2. The normalized spacial score (nSPS) is 11.2. The second-order valence-electron chi connectivity index (χ2n) is 4.76. The first-order valence-corrected chi connectivity index (χ1v) is 9.05. The third kappa shape index (κ3) is 3.64. The molecule has 1 aromatic heterocycles. The Balaban J connectivity index is 1.91. The van der Waals surface area contributed by atoms with Gasteiger partial charge in [0.05, 0.1) is 4.92 Å². The first-order valence-electron chi connectivity index (χ1n) is 6.76. The van der Waals surface area contributed by atoms with Gasteiger partial charge in [0.2, 0.25) is 10.8 Å². The minimum Gasteiger partial charge on any atom is -0.370 e. The van der Waals surface area contributed by atoms with E-state index in [0.717, 1.165) is 17.4 Å². The Labute approximate surface area is 145 Å². The van der Waals surface area contributed by atoms with E-state index in [1.54, 1.807) is 0 Å². The zero-order valence-corrected chi connectivity index (χ0v) is 14.0. The van der Waals surface area contributed by atoms with Gasteiger partial charge in [0.25, 0.3) is 0 Å². The standard InChI is InChI=1S/C15H9FN2O5S2/c16-11-7-5-10(6-8-11)15-17-14(9-24-15)25(21,22)23-13-4-2-1-3-12(13)18(19)20/h1-9H. The number of rotatable bonds is 5. The van der Waals surface area contributed by atoms with Crippen LogP contribution in [0.3, 0.4) is 0 Å². The van der Waals surface area contributed by atoms with Crippen molar-refractivity contribution in [1.29, 1.82) is 0 Å². The average molecular weight is 380 g/mol. The van der Waals surface area contributed by atoms with E-state index < -0.39 is 32.3 Å². The number of aromatic nitrogens is 1.